The van der Waals surface area contributed by atoms with Gasteiger partial charge in [0.15, 0.2) is 0 Å². The minimum Gasteiger partial charge on any atom is -0.393 e. The normalized spacial score (nSPS) is 13.9. The molecule has 0 saturated carbocycles. The van der Waals surface area contributed by atoms with Gasteiger partial charge in [0.1, 0.15) is 6.10 Å². The Kier molecular flexibility index (Phi) is 6.53. The molecule has 1 aromatic carbocycles. The summed E-state index contributed by atoms with van der Waals surface area (Å²) in [5, 5.41) is 9.20. The van der Waals surface area contributed by atoms with Gasteiger partial charge in [0.25, 0.3) is 5.91 Å². The zero-order valence-corrected chi connectivity index (χ0v) is 11.9. The topological polar surface area (TPSA) is 49.8 Å². The van der Waals surface area contributed by atoms with E-state index in [9.17, 15) is 9.90 Å². The van der Waals surface area contributed by atoms with Crippen molar-refractivity contribution in [3.05, 3.63) is 35.9 Å². The Morgan fingerprint density at radius 2 is 1.95 bits per heavy atom. The molecule has 2 atom stereocenters. The van der Waals surface area contributed by atoms with Crippen LogP contribution in [0.4, 0.5) is 0 Å². The van der Waals surface area contributed by atoms with Crippen molar-refractivity contribution in [3.63, 3.8) is 0 Å². The second-order valence-electron chi connectivity index (χ2n) is 4.84. The molecule has 0 heterocycles. The minimum absolute atomic E-state index is 0.0587. The first-order valence-corrected chi connectivity index (χ1v) is 6.59. The van der Waals surface area contributed by atoms with Crippen LogP contribution >= 0.6 is 0 Å². The van der Waals surface area contributed by atoms with E-state index < -0.39 is 12.2 Å². The lowest BCUT2D eigenvalue weighted by Gasteiger charge is -2.22. The largest absolute Gasteiger partial charge is 0.393 e. The van der Waals surface area contributed by atoms with Crippen molar-refractivity contribution in [3.8, 4) is 0 Å². The van der Waals surface area contributed by atoms with Crippen LogP contribution in [0.2, 0.25) is 0 Å². The number of aliphatic hydroxyl groups excluding tert-OH is 1. The van der Waals surface area contributed by atoms with Crippen LogP contribution in [0.5, 0.6) is 0 Å². The highest BCUT2D eigenvalue weighted by atomic mass is 16.5. The van der Waals surface area contributed by atoms with Gasteiger partial charge in [-0.25, -0.2) is 0 Å². The molecular weight excluding hydrogens is 242 g/mol. The summed E-state index contributed by atoms with van der Waals surface area (Å²) < 4.78 is 5.56. The van der Waals surface area contributed by atoms with E-state index in [4.69, 9.17) is 4.74 Å². The Balaban J connectivity index is 2.36. The fourth-order valence-electron chi connectivity index (χ4n) is 1.67. The zero-order valence-electron chi connectivity index (χ0n) is 11.9. The first-order chi connectivity index (χ1) is 9.00. The molecule has 0 saturated heterocycles. The van der Waals surface area contributed by atoms with Crippen molar-refractivity contribution in [2.24, 2.45) is 0 Å². The number of rotatable bonds is 7. The number of hydrogen-bond acceptors (Lipinski definition) is 3. The number of benzene rings is 1. The predicted octanol–water partition coefficient (Wildman–Crippen LogP) is 1.82. The standard InChI is InChI=1S/C15H23NO3/c1-12(17)9-10-16(3)15(18)13(2)19-11-14-7-5-4-6-8-14/h4-8,12-13,17H,9-11H2,1-3H3. The summed E-state index contributed by atoms with van der Waals surface area (Å²) in [6, 6.07) is 9.77. The van der Waals surface area contributed by atoms with E-state index in [1.54, 1.807) is 25.8 Å². The van der Waals surface area contributed by atoms with Crippen molar-refractivity contribution in [2.75, 3.05) is 13.6 Å². The number of hydrogen-bond donors (Lipinski definition) is 1. The Morgan fingerprint density at radius 1 is 1.32 bits per heavy atom. The van der Waals surface area contributed by atoms with Gasteiger partial charge in [-0.15, -0.1) is 0 Å². The van der Waals surface area contributed by atoms with Crippen LogP contribution in [0, 0.1) is 0 Å². The molecule has 2 unspecified atom stereocenters. The number of likely N-dealkylation sites (N-methyl/N-ethyl adjacent to an activating group) is 1. The van der Waals surface area contributed by atoms with Gasteiger partial charge in [0.2, 0.25) is 0 Å². The van der Waals surface area contributed by atoms with E-state index >= 15 is 0 Å². The maximum absolute atomic E-state index is 12.0. The van der Waals surface area contributed by atoms with Crippen LogP contribution in [-0.2, 0) is 16.1 Å². The van der Waals surface area contributed by atoms with Crippen molar-refractivity contribution in [1.29, 1.82) is 0 Å². The molecule has 4 nitrogen and oxygen atoms in total. The minimum atomic E-state index is -0.473. The Labute approximate surface area is 115 Å². The van der Waals surface area contributed by atoms with E-state index in [-0.39, 0.29) is 5.91 Å². The lowest BCUT2D eigenvalue weighted by Crippen LogP contribution is -2.37. The molecule has 106 valence electrons. The maximum Gasteiger partial charge on any atom is 0.251 e. The number of nitrogens with zero attached hydrogens (tertiary/aromatic N) is 1. The van der Waals surface area contributed by atoms with E-state index in [2.05, 4.69) is 0 Å². The predicted molar refractivity (Wildman–Crippen MR) is 74.6 cm³/mol. The van der Waals surface area contributed by atoms with Gasteiger partial charge in [0, 0.05) is 13.6 Å². The van der Waals surface area contributed by atoms with E-state index in [0.717, 1.165) is 5.56 Å². The second-order valence-corrected chi connectivity index (χ2v) is 4.84. The number of carbonyl (C=O) groups is 1. The van der Waals surface area contributed by atoms with Crippen molar-refractivity contribution >= 4 is 5.91 Å². The number of carbonyl (C=O) groups excluding carboxylic acids is 1. The van der Waals surface area contributed by atoms with Crippen LogP contribution in [0.3, 0.4) is 0 Å². The molecule has 1 aromatic rings. The monoisotopic (exact) mass is 265 g/mol. The average molecular weight is 265 g/mol. The molecule has 0 spiro atoms. The van der Waals surface area contributed by atoms with Gasteiger partial charge in [0.05, 0.1) is 12.7 Å². The van der Waals surface area contributed by atoms with Crippen LogP contribution in [0.15, 0.2) is 30.3 Å². The first-order valence-electron chi connectivity index (χ1n) is 6.59. The van der Waals surface area contributed by atoms with Crippen LogP contribution in [0.25, 0.3) is 0 Å². The molecule has 1 rings (SSSR count). The maximum atomic E-state index is 12.0. The molecule has 0 aliphatic carbocycles. The highest BCUT2D eigenvalue weighted by molar-refractivity contribution is 5.80. The second kappa shape index (κ2) is 7.92. The lowest BCUT2D eigenvalue weighted by molar-refractivity contribution is -0.142. The summed E-state index contributed by atoms with van der Waals surface area (Å²) in [5.74, 6) is -0.0587. The van der Waals surface area contributed by atoms with Gasteiger partial charge in [-0.1, -0.05) is 30.3 Å². The van der Waals surface area contributed by atoms with Crippen LogP contribution in [-0.4, -0.2) is 41.7 Å². The van der Waals surface area contributed by atoms with Gasteiger partial charge >= 0.3 is 0 Å². The number of ether oxygens (including phenoxy) is 1. The molecule has 0 aliphatic rings. The molecule has 0 fully saturated rings. The average Bonchev–Trinajstić information content (AvgIpc) is 2.42. The van der Waals surface area contributed by atoms with Gasteiger partial charge in [-0.2, -0.15) is 0 Å². The third kappa shape index (κ3) is 5.85. The first kappa shape index (κ1) is 15.7. The zero-order chi connectivity index (χ0) is 14.3. The fraction of sp³-hybridized carbons (Fsp3) is 0.533. The summed E-state index contributed by atoms with van der Waals surface area (Å²) >= 11 is 0. The highest BCUT2D eigenvalue weighted by Gasteiger charge is 2.18. The van der Waals surface area contributed by atoms with Crippen molar-refractivity contribution < 1.29 is 14.6 Å². The quantitative estimate of drug-likeness (QED) is 0.818. The summed E-state index contributed by atoms with van der Waals surface area (Å²) in [4.78, 5) is 13.6. The summed E-state index contributed by atoms with van der Waals surface area (Å²) in [6.45, 7) is 4.44. The van der Waals surface area contributed by atoms with Gasteiger partial charge in [-0.05, 0) is 25.8 Å². The molecule has 0 bridgehead atoms. The molecule has 4 heteroatoms. The third-order valence-electron chi connectivity index (χ3n) is 2.95. The fourth-order valence-corrected chi connectivity index (χ4v) is 1.67. The van der Waals surface area contributed by atoms with Gasteiger partial charge < -0.3 is 14.7 Å². The van der Waals surface area contributed by atoms with Gasteiger partial charge in [-0.3, -0.25) is 4.79 Å². The van der Waals surface area contributed by atoms with Crippen molar-refractivity contribution in [2.45, 2.75) is 39.1 Å². The van der Waals surface area contributed by atoms with Crippen LogP contribution < -0.4 is 0 Å². The summed E-state index contributed by atoms with van der Waals surface area (Å²) in [7, 11) is 1.73. The summed E-state index contributed by atoms with van der Waals surface area (Å²) in [6.07, 6.45) is -0.289. The van der Waals surface area contributed by atoms with E-state index in [1.807, 2.05) is 30.3 Å². The number of amides is 1. The molecular formula is C15H23NO3. The molecule has 0 aliphatic heterocycles. The van der Waals surface area contributed by atoms with E-state index in [1.165, 1.54) is 0 Å². The summed E-state index contributed by atoms with van der Waals surface area (Å²) in [5.41, 5.74) is 1.05. The SMILES string of the molecule is CC(O)CCN(C)C(=O)C(C)OCc1ccccc1. The molecule has 0 radical (unpaired) electrons. The van der Waals surface area contributed by atoms with Crippen molar-refractivity contribution in [1.82, 2.24) is 4.90 Å². The molecule has 19 heavy (non-hydrogen) atoms. The Morgan fingerprint density at radius 3 is 2.53 bits per heavy atom. The van der Waals surface area contributed by atoms with Crippen LogP contribution in [0.1, 0.15) is 25.8 Å². The Bertz CT molecular complexity index is 378. The van der Waals surface area contributed by atoms with E-state index in [0.29, 0.717) is 19.6 Å². The smallest absolute Gasteiger partial charge is 0.251 e. The third-order valence-corrected chi connectivity index (χ3v) is 2.95. The molecule has 1 amide bonds. The Hall–Kier alpha value is -1.39. The number of aliphatic hydroxyl groups is 1. The highest BCUT2D eigenvalue weighted by Crippen LogP contribution is 2.06. The molecule has 0 aromatic heterocycles. The molecule has 1 N–H and O–H groups in total. The lowest BCUT2D eigenvalue weighted by atomic mass is 10.2.